The second-order valence-electron chi connectivity index (χ2n) is 6.57. The summed E-state index contributed by atoms with van der Waals surface area (Å²) in [6, 6.07) is 12.9. The lowest BCUT2D eigenvalue weighted by molar-refractivity contribution is 0.0706. The molecule has 2 aromatic carbocycles. The van der Waals surface area contributed by atoms with E-state index in [-0.39, 0.29) is 42.1 Å². The smallest absolute Gasteiger partial charge is 0.254 e. The predicted molar refractivity (Wildman–Crippen MR) is 107 cm³/mol. The summed E-state index contributed by atoms with van der Waals surface area (Å²) in [7, 11) is -2.16. The first-order valence-corrected chi connectivity index (χ1v) is 10.4. The average Bonchev–Trinajstić information content (AvgIpc) is 2.66. The maximum atomic E-state index is 13.0. The summed E-state index contributed by atoms with van der Waals surface area (Å²) in [6.45, 7) is 3.57. The molecule has 28 heavy (non-hydrogen) atoms. The topological polar surface area (TPSA) is 95.9 Å². The number of aliphatic hydroxyl groups is 1. The molecule has 0 saturated carbocycles. The fourth-order valence-corrected chi connectivity index (χ4v) is 4.07. The second-order valence-corrected chi connectivity index (χ2v) is 8.28. The van der Waals surface area contributed by atoms with E-state index in [0.29, 0.717) is 5.75 Å². The first-order chi connectivity index (χ1) is 13.3. The minimum absolute atomic E-state index is 0.0216. The van der Waals surface area contributed by atoms with Gasteiger partial charge in [-0.1, -0.05) is 24.3 Å². The number of hydrogen-bond donors (Lipinski definition) is 2. The van der Waals surface area contributed by atoms with Crippen molar-refractivity contribution in [1.29, 1.82) is 0 Å². The van der Waals surface area contributed by atoms with E-state index in [0.717, 1.165) is 5.56 Å². The van der Waals surface area contributed by atoms with Crippen molar-refractivity contribution in [2.24, 2.45) is 0 Å². The Balaban J connectivity index is 2.32. The van der Waals surface area contributed by atoms with Crippen LogP contribution in [0.15, 0.2) is 53.4 Å². The third-order valence-corrected chi connectivity index (χ3v) is 5.65. The predicted octanol–water partition coefficient (Wildman–Crippen LogP) is 2.02. The van der Waals surface area contributed by atoms with E-state index in [4.69, 9.17) is 4.74 Å². The Morgan fingerprint density at radius 3 is 2.54 bits per heavy atom. The highest BCUT2D eigenvalue weighted by molar-refractivity contribution is 7.89. The number of nitrogens with one attached hydrogen (secondary N) is 1. The molecule has 0 aliphatic rings. The fourth-order valence-electron chi connectivity index (χ4n) is 2.77. The first-order valence-electron chi connectivity index (χ1n) is 8.93. The number of aliphatic hydroxyl groups excluding tert-OH is 1. The van der Waals surface area contributed by atoms with Crippen LogP contribution in [0.5, 0.6) is 5.75 Å². The quantitative estimate of drug-likeness (QED) is 0.664. The highest BCUT2D eigenvalue weighted by Gasteiger charge is 2.21. The molecule has 0 heterocycles. The molecular weight excluding hydrogens is 380 g/mol. The van der Waals surface area contributed by atoms with Crippen molar-refractivity contribution in [3.8, 4) is 5.75 Å². The van der Waals surface area contributed by atoms with Crippen LogP contribution >= 0.6 is 0 Å². The van der Waals surface area contributed by atoms with E-state index in [2.05, 4.69) is 4.72 Å². The van der Waals surface area contributed by atoms with Crippen molar-refractivity contribution < 1.29 is 23.1 Å². The minimum Gasteiger partial charge on any atom is -0.496 e. The Hall–Kier alpha value is -2.42. The van der Waals surface area contributed by atoms with Gasteiger partial charge in [-0.05, 0) is 38.1 Å². The van der Waals surface area contributed by atoms with Crippen LogP contribution in [0.3, 0.4) is 0 Å². The van der Waals surface area contributed by atoms with Gasteiger partial charge in [0.15, 0.2) is 0 Å². The lowest BCUT2D eigenvalue weighted by Crippen LogP contribution is -2.34. The van der Waals surface area contributed by atoms with Gasteiger partial charge in [-0.2, -0.15) is 0 Å². The largest absolute Gasteiger partial charge is 0.496 e. The van der Waals surface area contributed by atoms with Crippen molar-refractivity contribution in [3.05, 3.63) is 59.7 Å². The van der Waals surface area contributed by atoms with E-state index in [1.165, 1.54) is 23.1 Å². The molecule has 0 fully saturated rings. The van der Waals surface area contributed by atoms with Gasteiger partial charge in [0.2, 0.25) is 10.0 Å². The average molecular weight is 407 g/mol. The standard InChI is InChI=1S/C20H26N2O5S/c1-15(2)21-28(25,26)18-9-6-8-16(13-18)20(24)22(11-12-23)14-17-7-4-5-10-19(17)27-3/h4-10,13,15,21,23H,11-12,14H2,1-3H3. The number of hydrogen-bond acceptors (Lipinski definition) is 5. The lowest BCUT2D eigenvalue weighted by atomic mass is 10.1. The minimum atomic E-state index is -3.71. The van der Waals surface area contributed by atoms with Gasteiger partial charge < -0.3 is 14.7 Å². The molecular formula is C20H26N2O5S. The van der Waals surface area contributed by atoms with Crippen LogP contribution in [0.1, 0.15) is 29.8 Å². The molecule has 2 aromatic rings. The summed E-state index contributed by atoms with van der Waals surface area (Å²) in [5.41, 5.74) is 1.02. The Morgan fingerprint density at radius 1 is 1.18 bits per heavy atom. The molecule has 2 N–H and O–H groups in total. The summed E-state index contributed by atoms with van der Waals surface area (Å²) in [6.07, 6.45) is 0. The number of carbonyl (C=O) groups excluding carboxylic acids is 1. The Bertz CT molecular complexity index is 912. The maximum absolute atomic E-state index is 13.0. The van der Waals surface area contributed by atoms with E-state index in [1.807, 2.05) is 18.2 Å². The number of rotatable bonds is 9. The van der Waals surface area contributed by atoms with Crippen molar-refractivity contribution in [2.45, 2.75) is 31.3 Å². The van der Waals surface area contributed by atoms with Crippen LogP contribution in [-0.2, 0) is 16.6 Å². The molecule has 0 aromatic heterocycles. The molecule has 0 aliphatic carbocycles. The van der Waals surface area contributed by atoms with Gasteiger partial charge in [-0.25, -0.2) is 13.1 Å². The molecule has 0 atom stereocenters. The van der Waals surface area contributed by atoms with Gasteiger partial charge in [-0.15, -0.1) is 0 Å². The number of amides is 1. The number of benzene rings is 2. The summed E-state index contributed by atoms with van der Waals surface area (Å²) in [5, 5.41) is 9.39. The molecule has 0 radical (unpaired) electrons. The number of sulfonamides is 1. The van der Waals surface area contributed by atoms with E-state index in [9.17, 15) is 18.3 Å². The number of ether oxygens (including phenoxy) is 1. The Kier molecular flexibility index (Phi) is 7.56. The van der Waals surface area contributed by atoms with Crippen molar-refractivity contribution >= 4 is 15.9 Å². The summed E-state index contributed by atoms with van der Waals surface area (Å²) in [5.74, 6) is 0.261. The van der Waals surface area contributed by atoms with Crippen molar-refractivity contribution in [3.63, 3.8) is 0 Å². The zero-order valence-corrected chi connectivity index (χ0v) is 17.1. The van der Waals surface area contributed by atoms with Crippen LogP contribution in [0.25, 0.3) is 0 Å². The number of para-hydroxylation sites is 1. The number of nitrogens with zero attached hydrogens (tertiary/aromatic N) is 1. The fraction of sp³-hybridized carbons (Fsp3) is 0.350. The van der Waals surface area contributed by atoms with Crippen molar-refractivity contribution in [1.82, 2.24) is 9.62 Å². The summed E-state index contributed by atoms with van der Waals surface area (Å²) < 4.78 is 32.6. The first kappa shape index (κ1) is 21.9. The van der Waals surface area contributed by atoms with Gasteiger partial charge in [-0.3, -0.25) is 4.79 Å². The molecule has 0 aliphatic heterocycles. The van der Waals surface area contributed by atoms with Crippen molar-refractivity contribution in [2.75, 3.05) is 20.3 Å². The summed E-state index contributed by atoms with van der Waals surface area (Å²) in [4.78, 5) is 14.5. The van der Waals surface area contributed by atoms with Crippen LogP contribution in [0.4, 0.5) is 0 Å². The normalized spacial score (nSPS) is 11.5. The molecule has 8 heteroatoms. The molecule has 152 valence electrons. The molecule has 0 saturated heterocycles. The van der Waals surface area contributed by atoms with Gasteiger partial charge in [0, 0.05) is 30.3 Å². The van der Waals surface area contributed by atoms with Gasteiger partial charge in [0.1, 0.15) is 5.75 Å². The SMILES string of the molecule is COc1ccccc1CN(CCO)C(=O)c1cccc(S(=O)(=O)NC(C)C)c1. The van der Waals surface area contributed by atoms with E-state index >= 15 is 0 Å². The zero-order valence-electron chi connectivity index (χ0n) is 16.3. The molecule has 7 nitrogen and oxygen atoms in total. The Morgan fingerprint density at radius 2 is 1.89 bits per heavy atom. The van der Waals surface area contributed by atoms with Gasteiger partial charge in [0.25, 0.3) is 5.91 Å². The van der Waals surface area contributed by atoms with Crippen LogP contribution < -0.4 is 9.46 Å². The zero-order chi connectivity index (χ0) is 20.7. The second kappa shape index (κ2) is 9.68. The van der Waals surface area contributed by atoms with Crippen LogP contribution in [0.2, 0.25) is 0 Å². The molecule has 0 bridgehead atoms. The molecule has 0 spiro atoms. The monoisotopic (exact) mass is 406 g/mol. The lowest BCUT2D eigenvalue weighted by Gasteiger charge is -2.23. The highest BCUT2D eigenvalue weighted by atomic mass is 32.2. The third-order valence-electron chi connectivity index (χ3n) is 3.99. The van der Waals surface area contributed by atoms with Gasteiger partial charge in [0.05, 0.1) is 18.6 Å². The van der Waals surface area contributed by atoms with E-state index in [1.54, 1.807) is 33.1 Å². The molecule has 1 amide bonds. The maximum Gasteiger partial charge on any atom is 0.254 e. The number of methoxy groups -OCH3 is 1. The summed E-state index contributed by atoms with van der Waals surface area (Å²) >= 11 is 0. The van der Waals surface area contributed by atoms with E-state index < -0.39 is 10.0 Å². The highest BCUT2D eigenvalue weighted by Crippen LogP contribution is 2.21. The van der Waals surface area contributed by atoms with Crippen LogP contribution in [0, 0.1) is 0 Å². The third kappa shape index (κ3) is 5.54. The van der Waals surface area contributed by atoms with Crippen LogP contribution in [-0.4, -0.2) is 50.6 Å². The Labute approximate surface area is 166 Å². The molecule has 0 unspecified atom stereocenters. The van der Waals surface area contributed by atoms with Gasteiger partial charge >= 0.3 is 0 Å². The molecule has 2 rings (SSSR count). The number of carbonyl (C=O) groups is 1.